The first-order chi connectivity index (χ1) is 16.4. The Morgan fingerprint density at radius 1 is 1.12 bits per heavy atom. The summed E-state index contributed by atoms with van der Waals surface area (Å²) < 4.78 is 6.99. The van der Waals surface area contributed by atoms with Crippen LogP contribution in [0.5, 0.6) is 0 Å². The summed E-state index contributed by atoms with van der Waals surface area (Å²) in [7, 11) is 1.74. The zero-order valence-electron chi connectivity index (χ0n) is 20.1. The predicted octanol–water partition coefficient (Wildman–Crippen LogP) is 3.21. The van der Waals surface area contributed by atoms with Crippen molar-refractivity contribution in [2.45, 2.75) is 45.1 Å². The van der Waals surface area contributed by atoms with E-state index >= 15 is 0 Å². The normalized spacial score (nSPS) is 21.3. The number of nitrogens with one attached hydrogen (secondary N) is 2. The van der Waals surface area contributed by atoms with Crippen LogP contribution in [0.1, 0.15) is 49.5 Å². The molecule has 8 nitrogen and oxygen atoms in total. The minimum absolute atomic E-state index is 0.104. The van der Waals surface area contributed by atoms with Crippen molar-refractivity contribution in [3.05, 3.63) is 42.2 Å². The Kier molecular flexibility index (Phi) is 6.34. The van der Waals surface area contributed by atoms with E-state index < -0.39 is 6.04 Å². The minimum atomic E-state index is -0.584. The van der Waals surface area contributed by atoms with E-state index in [1.807, 2.05) is 24.3 Å². The highest BCUT2D eigenvalue weighted by atomic mass is 16.5. The van der Waals surface area contributed by atoms with Gasteiger partial charge < -0.3 is 20.3 Å². The van der Waals surface area contributed by atoms with Gasteiger partial charge in [0.25, 0.3) is 5.91 Å². The van der Waals surface area contributed by atoms with E-state index in [9.17, 15) is 9.59 Å². The number of hydrogen-bond donors (Lipinski definition) is 2. The van der Waals surface area contributed by atoms with Crippen molar-refractivity contribution in [2.24, 2.45) is 24.3 Å². The number of morpholine rings is 1. The summed E-state index contributed by atoms with van der Waals surface area (Å²) in [5.74, 6) is 0.209. The lowest BCUT2D eigenvalue weighted by atomic mass is 9.66. The molecular weight excluding hydrogens is 430 g/mol. The van der Waals surface area contributed by atoms with Crippen LogP contribution in [0, 0.1) is 17.3 Å². The molecule has 2 aromatic rings. The Bertz CT molecular complexity index is 1020. The molecule has 1 aliphatic heterocycles. The van der Waals surface area contributed by atoms with Crippen LogP contribution in [0.15, 0.2) is 36.5 Å². The molecule has 1 saturated heterocycles. The van der Waals surface area contributed by atoms with Crippen molar-refractivity contribution in [3.8, 4) is 0 Å². The van der Waals surface area contributed by atoms with Crippen molar-refractivity contribution in [1.82, 2.24) is 15.1 Å². The fourth-order valence-corrected chi connectivity index (χ4v) is 5.50. The number of carbonyl (C=O) groups excluding carboxylic acids is 2. The first-order valence-electron chi connectivity index (χ1n) is 12.5. The average molecular weight is 466 g/mol. The van der Waals surface area contributed by atoms with Gasteiger partial charge in [-0.2, -0.15) is 5.10 Å². The number of nitrogens with zero attached hydrogens (tertiary/aromatic N) is 3. The van der Waals surface area contributed by atoms with E-state index in [2.05, 4.69) is 27.6 Å². The van der Waals surface area contributed by atoms with Crippen LogP contribution in [0.4, 0.5) is 11.4 Å². The number of anilines is 2. The Labute approximate surface area is 201 Å². The highest BCUT2D eigenvalue weighted by Crippen LogP contribution is 2.58. The summed E-state index contributed by atoms with van der Waals surface area (Å²) >= 11 is 0. The molecule has 2 atom stereocenters. The summed E-state index contributed by atoms with van der Waals surface area (Å²) in [6.45, 7) is 5.48. The van der Waals surface area contributed by atoms with Crippen molar-refractivity contribution in [1.29, 1.82) is 0 Å². The third-order valence-electron chi connectivity index (χ3n) is 7.99. The third kappa shape index (κ3) is 4.69. The van der Waals surface area contributed by atoms with Crippen LogP contribution >= 0.6 is 0 Å². The third-order valence-corrected chi connectivity index (χ3v) is 7.99. The number of ether oxygens (including phenoxy) is 1. The average Bonchev–Trinajstić information content (AvgIpc) is 3.41. The molecule has 2 amide bonds. The van der Waals surface area contributed by atoms with Gasteiger partial charge in [0.1, 0.15) is 11.7 Å². The molecular formula is C26H35N5O3. The summed E-state index contributed by atoms with van der Waals surface area (Å²) in [6, 6.07) is 9.07. The van der Waals surface area contributed by atoms with E-state index in [0.717, 1.165) is 63.4 Å². The molecule has 0 bridgehead atoms. The molecule has 0 radical (unpaired) electrons. The van der Waals surface area contributed by atoms with Gasteiger partial charge in [-0.25, -0.2) is 0 Å². The Balaban J connectivity index is 1.35. The molecule has 1 unspecified atom stereocenters. The molecule has 3 aliphatic rings. The van der Waals surface area contributed by atoms with Crippen molar-refractivity contribution in [3.63, 3.8) is 0 Å². The van der Waals surface area contributed by atoms with E-state index in [1.165, 1.54) is 6.42 Å². The molecule has 2 N–H and O–H groups in total. The second-order valence-electron chi connectivity index (χ2n) is 10.3. The summed E-state index contributed by atoms with van der Waals surface area (Å²) in [5.41, 5.74) is 2.43. The van der Waals surface area contributed by atoms with Gasteiger partial charge in [-0.1, -0.05) is 26.2 Å². The lowest BCUT2D eigenvalue weighted by molar-refractivity contribution is -0.121. The van der Waals surface area contributed by atoms with Gasteiger partial charge in [0, 0.05) is 37.7 Å². The van der Waals surface area contributed by atoms with Gasteiger partial charge in [-0.3, -0.25) is 14.3 Å². The maximum absolute atomic E-state index is 13.7. The zero-order chi connectivity index (χ0) is 23.7. The molecule has 8 heteroatoms. The molecule has 0 spiro atoms. The van der Waals surface area contributed by atoms with Crippen LogP contribution in [-0.2, 0) is 16.6 Å². The quantitative estimate of drug-likeness (QED) is 0.625. The number of hydrogen-bond acceptors (Lipinski definition) is 5. The second kappa shape index (κ2) is 9.41. The van der Waals surface area contributed by atoms with Gasteiger partial charge in [0.05, 0.1) is 13.2 Å². The molecule has 2 saturated carbocycles. The SMILES string of the molecule is Cn1nccc1C(=O)N[C@H](C(=O)Nc1ccc(N2CCOCC2)cc1)C(C1CCC1)C1(C)CC1. The first-order valence-corrected chi connectivity index (χ1v) is 12.5. The van der Waals surface area contributed by atoms with Gasteiger partial charge >= 0.3 is 0 Å². The highest BCUT2D eigenvalue weighted by molar-refractivity contribution is 6.00. The van der Waals surface area contributed by atoms with Crippen LogP contribution in [0.3, 0.4) is 0 Å². The number of rotatable bonds is 8. The summed E-state index contributed by atoms with van der Waals surface area (Å²) in [6.07, 6.45) is 7.26. The van der Waals surface area contributed by atoms with Crippen molar-refractivity contribution >= 4 is 23.2 Å². The molecule has 1 aromatic heterocycles. The smallest absolute Gasteiger partial charge is 0.270 e. The number of aromatic nitrogens is 2. The van der Waals surface area contributed by atoms with Crippen molar-refractivity contribution < 1.29 is 14.3 Å². The minimum Gasteiger partial charge on any atom is -0.378 e. The first kappa shape index (κ1) is 22.9. The molecule has 182 valence electrons. The topological polar surface area (TPSA) is 88.5 Å². The van der Waals surface area contributed by atoms with Crippen LogP contribution < -0.4 is 15.5 Å². The summed E-state index contributed by atoms with van der Waals surface area (Å²) in [5, 5.41) is 10.3. The van der Waals surface area contributed by atoms with Crippen LogP contribution in [0.2, 0.25) is 0 Å². The molecule has 1 aromatic carbocycles. The largest absolute Gasteiger partial charge is 0.378 e. The Morgan fingerprint density at radius 2 is 1.82 bits per heavy atom. The predicted molar refractivity (Wildman–Crippen MR) is 131 cm³/mol. The van der Waals surface area contributed by atoms with Gasteiger partial charge in [-0.15, -0.1) is 0 Å². The van der Waals surface area contributed by atoms with E-state index in [1.54, 1.807) is 24.0 Å². The van der Waals surface area contributed by atoms with Gasteiger partial charge in [-0.05, 0) is 60.4 Å². The molecule has 2 aliphatic carbocycles. The molecule has 2 heterocycles. The fourth-order valence-electron chi connectivity index (χ4n) is 5.50. The number of aryl methyl sites for hydroxylation is 1. The Hall–Kier alpha value is -2.87. The highest BCUT2D eigenvalue weighted by Gasteiger charge is 2.54. The monoisotopic (exact) mass is 465 g/mol. The van der Waals surface area contributed by atoms with E-state index in [0.29, 0.717) is 11.6 Å². The fraction of sp³-hybridized carbons (Fsp3) is 0.577. The van der Waals surface area contributed by atoms with E-state index in [4.69, 9.17) is 4.74 Å². The second-order valence-corrected chi connectivity index (χ2v) is 10.3. The zero-order valence-corrected chi connectivity index (χ0v) is 20.1. The standard InChI is InChI=1S/C26H35N5O3/c1-26(11-12-26)22(18-4-3-5-18)23(29-24(32)21-10-13-27-30(21)2)25(33)28-19-6-8-20(9-7-19)31-14-16-34-17-15-31/h6-10,13,18,22-23H,3-5,11-12,14-17H2,1-2H3,(H,28,33)(H,29,32)/t22?,23-/m0/s1. The number of carbonyl (C=O) groups is 2. The van der Waals surface area contributed by atoms with E-state index in [-0.39, 0.29) is 23.1 Å². The lowest BCUT2D eigenvalue weighted by Crippen LogP contribution is -2.54. The Morgan fingerprint density at radius 3 is 2.38 bits per heavy atom. The lowest BCUT2D eigenvalue weighted by Gasteiger charge is -2.42. The maximum atomic E-state index is 13.7. The van der Waals surface area contributed by atoms with Gasteiger partial charge in [0.2, 0.25) is 5.91 Å². The van der Waals surface area contributed by atoms with Crippen LogP contribution in [0.25, 0.3) is 0 Å². The number of benzene rings is 1. The number of amides is 2. The molecule has 5 rings (SSSR count). The summed E-state index contributed by atoms with van der Waals surface area (Å²) in [4.78, 5) is 29.1. The van der Waals surface area contributed by atoms with Crippen molar-refractivity contribution in [2.75, 3.05) is 36.5 Å². The molecule has 3 fully saturated rings. The van der Waals surface area contributed by atoms with Crippen LogP contribution in [-0.4, -0.2) is 53.9 Å². The maximum Gasteiger partial charge on any atom is 0.270 e. The molecule has 34 heavy (non-hydrogen) atoms. The van der Waals surface area contributed by atoms with Gasteiger partial charge in [0.15, 0.2) is 0 Å².